The minimum absolute atomic E-state index is 0.0165. The Kier molecular flexibility index (Phi) is 11.9. The summed E-state index contributed by atoms with van der Waals surface area (Å²) in [6.45, 7) is 4.99. The molecule has 4 rings (SSSR count). The van der Waals surface area contributed by atoms with Crippen LogP contribution in [0.2, 0.25) is 5.02 Å². The Labute approximate surface area is 284 Å². The lowest BCUT2D eigenvalue weighted by atomic mass is 10.0. The molecule has 0 bridgehead atoms. The molecule has 4 aromatic carbocycles. The smallest absolute Gasteiger partial charge is 0.264 e. The summed E-state index contributed by atoms with van der Waals surface area (Å²) in [6, 6.07) is 26.6. The highest BCUT2D eigenvalue weighted by atomic mass is 79.9. The maximum atomic E-state index is 14.5. The number of carbonyl (C=O) groups excluding carboxylic acids is 2. The molecule has 8 nitrogen and oxygen atoms in total. The van der Waals surface area contributed by atoms with Crippen LogP contribution in [0.1, 0.15) is 30.5 Å². The van der Waals surface area contributed by atoms with Crippen LogP contribution in [-0.2, 0) is 32.6 Å². The molecule has 0 heterocycles. The highest BCUT2D eigenvalue weighted by molar-refractivity contribution is 9.10. The van der Waals surface area contributed by atoms with Gasteiger partial charge < -0.3 is 15.0 Å². The third kappa shape index (κ3) is 8.69. The number of halogens is 2. The van der Waals surface area contributed by atoms with Gasteiger partial charge in [-0.2, -0.15) is 0 Å². The first-order chi connectivity index (χ1) is 21.9. The van der Waals surface area contributed by atoms with Crippen molar-refractivity contribution in [3.63, 3.8) is 0 Å². The summed E-state index contributed by atoms with van der Waals surface area (Å²) >= 11 is 9.93. The van der Waals surface area contributed by atoms with Crippen molar-refractivity contribution in [1.82, 2.24) is 10.2 Å². The Bertz CT molecular complexity index is 1770. The molecule has 0 spiro atoms. The molecule has 0 saturated heterocycles. The second-order valence-electron chi connectivity index (χ2n) is 11.1. The van der Waals surface area contributed by atoms with E-state index < -0.39 is 28.5 Å². The van der Waals surface area contributed by atoms with E-state index in [9.17, 15) is 18.0 Å². The number of hydrogen-bond donors (Lipinski definition) is 1. The molecule has 0 fully saturated rings. The third-order valence-corrected chi connectivity index (χ3v) is 10.1. The van der Waals surface area contributed by atoms with Crippen molar-refractivity contribution in [2.45, 2.75) is 50.7 Å². The predicted molar refractivity (Wildman–Crippen MR) is 186 cm³/mol. The van der Waals surface area contributed by atoms with Gasteiger partial charge in [0, 0.05) is 24.0 Å². The van der Waals surface area contributed by atoms with E-state index in [1.165, 1.54) is 24.1 Å². The zero-order valence-corrected chi connectivity index (χ0v) is 29.3. The fourth-order valence-electron chi connectivity index (χ4n) is 4.92. The van der Waals surface area contributed by atoms with E-state index in [0.29, 0.717) is 26.5 Å². The van der Waals surface area contributed by atoms with E-state index in [4.69, 9.17) is 16.3 Å². The average molecular weight is 727 g/mol. The molecule has 0 aliphatic rings. The number of nitrogens with one attached hydrogen (secondary N) is 1. The van der Waals surface area contributed by atoms with Gasteiger partial charge in [0.1, 0.15) is 18.3 Å². The van der Waals surface area contributed by atoms with Crippen LogP contribution >= 0.6 is 27.5 Å². The molecule has 11 heteroatoms. The summed E-state index contributed by atoms with van der Waals surface area (Å²) in [5.74, 6) is -0.470. The molecule has 4 aromatic rings. The Morgan fingerprint density at radius 3 is 2.20 bits per heavy atom. The molecular weight excluding hydrogens is 690 g/mol. The largest absolute Gasteiger partial charge is 0.496 e. The van der Waals surface area contributed by atoms with Crippen LogP contribution in [0, 0.1) is 6.92 Å². The molecule has 0 aromatic heterocycles. The first-order valence-corrected chi connectivity index (χ1v) is 17.3. The Balaban J connectivity index is 1.82. The summed E-state index contributed by atoms with van der Waals surface area (Å²) in [5, 5.41) is 3.37. The number of carbonyl (C=O) groups is 2. The van der Waals surface area contributed by atoms with E-state index in [2.05, 4.69) is 21.2 Å². The zero-order valence-electron chi connectivity index (χ0n) is 26.1. The molecule has 1 N–H and O–H groups in total. The fourth-order valence-corrected chi connectivity index (χ4v) is 7.25. The molecule has 0 saturated carbocycles. The minimum Gasteiger partial charge on any atom is -0.496 e. The van der Waals surface area contributed by atoms with Crippen molar-refractivity contribution >= 4 is 55.1 Å². The van der Waals surface area contributed by atoms with Crippen LogP contribution in [0.5, 0.6) is 5.75 Å². The van der Waals surface area contributed by atoms with Crippen molar-refractivity contribution in [3.05, 3.63) is 123 Å². The Morgan fingerprint density at radius 2 is 1.59 bits per heavy atom. The SMILES string of the molecule is COc1ccc(S(=O)(=O)N(CC(=O)N(Cc2ccccc2Cl)[C@@H](Cc2ccccc2)C(=O)NC(C)C)c2ccc(C)cc2)cc1Br. The quantitative estimate of drug-likeness (QED) is 0.164. The topological polar surface area (TPSA) is 96.0 Å². The van der Waals surface area contributed by atoms with Crippen molar-refractivity contribution in [2.24, 2.45) is 0 Å². The van der Waals surface area contributed by atoms with Gasteiger partial charge in [0.2, 0.25) is 11.8 Å². The summed E-state index contributed by atoms with van der Waals surface area (Å²) in [7, 11) is -2.79. The first kappa shape index (κ1) is 35.0. The lowest BCUT2D eigenvalue weighted by Crippen LogP contribution is -2.54. The van der Waals surface area contributed by atoms with Gasteiger partial charge in [-0.05, 0) is 84.2 Å². The van der Waals surface area contributed by atoms with Crippen molar-refractivity contribution in [2.75, 3.05) is 18.0 Å². The van der Waals surface area contributed by atoms with Gasteiger partial charge in [-0.1, -0.05) is 77.8 Å². The molecule has 1 atom stereocenters. The molecule has 46 heavy (non-hydrogen) atoms. The number of aryl methyl sites for hydroxylation is 1. The van der Waals surface area contributed by atoms with Crippen LogP contribution in [0.3, 0.4) is 0 Å². The first-order valence-electron chi connectivity index (χ1n) is 14.7. The van der Waals surface area contributed by atoms with E-state index in [-0.39, 0.29) is 29.8 Å². The summed E-state index contributed by atoms with van der Waals surface area (Å²) in [4.78, 5) is 29.7. The molecule has 242 valence electrons. The van der Waals surface area contributed by atoms with Gasteiger partial charge in [-0.15, -0.1) is 0 Å². The molecule has 0 aliphatic heterocycles. The second-order valence-corrected chi connectivity index (χ2v) is 14.2. The number of methoxy groups -OCH3 is 1. The third-order valence-electron chi connectivity index (χ3n) is 7.31. The summed E-state index contributed by atoms with van der Waals surface area (Å²) in [5.41, 5.74) is 2.69. The van der Waals surface area contributed by atoms with Crippen LogP contribution in [0.25, 0.3) is 0 Å². The van der Waals surface area contributed by atoms with E-state index >= 15 is 0 Å². The van der Waals surface area contributed by atoms with Crippen molar-refractivity contribution in [3.8, 4) is 5.75 Å². The van der Waals surface area contributed by atoms with Crippen LogP contribution in [0.15, 0.2) is 106 Å². The zero-order chi connectivity index (χ0) is 33.4. The van der Waals surface area contributed by atoms with E-state index in [1.54, 1.807) is 54.6 Å². The number of hydrogen-bond acceptors (Lipinski definition) is 5. The van der Waals surface area contributed by atoms with Gasteiger partial charge in [-0.25, -0.2) is 8.42 Å². The number of nitrogens with zero attached hydrogens (tertiary/aromatic N) is 2. The predicted octanol–water partition coefficient (Wildman–Crippen LogP) is 6.78. The van der Waals surface area contributed by atoms with Crippen LogP contribution in [0.4, 0.5) is 5.69 Å². The number of amides is 2. The lowest BCUT2D eigenvalue weighted by molar-refractivity contribution is -0.140. The highest BCUT2D eigenvalue weighted by Gasteiger charge is 2.35. The van der Waals surface area contributed by atoms with E-state index in [0.717, 1.165) is 15.4 Å². The number of sulfonamides is 1. The normalized spacial score (nSPS) is 12.0. The van der Waals surface area contributed by atoms with Gasteiger partial charge >= 0.3 is 0 Å². The second kappa shape index (κ2) is 15.6. The number of rotatable bonds is 13. The molecule has 0 unspecified atom stereocenters. The number of benzene rings is 4. The Hall–Kier alpha value is -3.86. The maximum Gasteiger partial charge on any atom is 0.264 e. The monoisotopic (exact) mass is 725 g/mol. The molecule has 2 amide bonds. The van der Waals surface area contributed by atoms with Gasteiger partial charge in [-0.3, -0.25) is 13.9 Å². The van der Waals surface area contributed by atoms with Gasteiger partial charge in [0.25, 0.3) is 10.0 Å². The highest BCUT2D eigenvalue weighted by Crippen LogP contribution is 2.31. The summed E-state index contributed by atoms with van der Waals surface area (Å²) < 4.78 is 35.4. The van der Waals surface area contributed by atoms with Crippen molar-refractivity contribution in [1.29, 1.82) is 0 Å². The van der Waals surface area contributed by atoms with Crippen LogP contribution < -0.4 is 14.4 Å². The minimum atomic E-state index is -4.27. The lowest BCUT2D eigenvalue weighted by Gasteiger charge is -2.34. The maximum absolute atomic E-state index is 14.5. The average Bonchev–Trinajstić information content (AvgIpc) is 3.02. The summed E-state index contributed by atoms with van der Waals surface area (Å²) in [6.07, 6.45) is 0.207. The van der Waals surface area contributed by atoms with E-state index in [1.807, 2.05) is 51.1 Å². The van der Waals surface area contributed by atoms with Crippen LogP contribution in [-0.4, -0.2) is 50.9 Å². The molecule has 0 radical (unpaired) electrons. The Morgan fingerprint density at radius 1 is 0.935 bits per heavy atom. The molecule has 0 aliphatic carbocycles. The van der Waals surface area contributed by atoms with Crippen molar-refractivity contribution < 1.29 is 22.7 Å². The standard InChI is InChI=1S/C35H37BrClN3O5S/c1-24(2)38-35(42)32(20-26-10-6-5-7-11-26)39(22-27-12-8-9-13-31(27)37)34(41)23-40(28-16-14-25(3)15-17-28)46(43,44)29-18-19-33(45-4)30(36)21-29/h5-19,21,24,32H,20,22-23H2,1-4H3,(H,38,42)/t32-/m0/s1. The molecular formula is C35H37BrClN3O5S. The van der Waals surface area contributed by atoms with Gasteiger partial charge in [0.15, 0.2) is 0 Å². The number of anilines is 1. The van der Waals surface area contributed by atoms with Gasteiger partial charge in [0.05, 0.1) is 22.2 Å². The fraction of sp³-hybridized carbons (Fsp3) is 0.257. The number of ether oxygens (including phenoxy) is 1.